The summed E-state index contributed by atoms with van der Waals surface area (Å²) in [5.74, 6) is 0. The van der Waals surface area contributed by atoms with Crippen molar-refractivity contribution >= 4 is 62.4 Å². The van der Waals surface area contributed by atoms with Crippen molar-refractivity contribution in [2.75, 3.05) is 0 Å². The molecule has 0 saturated heterocycles. The normalized spacial score (nSPS) is 11.1. The minimum Gasteiger partial charge on any atom is -0.330 e. The van der Waals surface area contributed by atoms with Crippen LogP contribution in [0.15, 0.2) is 40.9 Å². The van der Waals surface area contributed by atoms with Crippen LogP contribution in [-0.2, 0) is 0 Å². The van der Waals surface area contributed by atoms with Crippen LogP contribution in [-0.4, -0.2) is 9.55 Å². The second-order valence-electron chi connectivity index (χ2n) is 4.03. The van der Waals surface area contributed by atoms with Gasteiger partial charge in [-0.15, -0.1) is 0 Å². The van der Waals surface area contributed by atoms with E-state index in [9.17, 15) is 0 Å². The first kappa shape index (κ1) is 13.2. The van der Waals surface area contributed by atoms with Crippen molar-refractivity contribution in [3.63, 3.8) is 0 Å². The van der Waals surface area contributed by atoms with E-state index in [4.69, 9.17) is 35.4 Å². The predicted molar refractivity (Wildman–Crippen MR) is 86.2 cm³/mol. The van der Waals surface area contributed by atoms with Crippen molar-refractivity contribution in [2.45, 2.75) is 0 Å². The fourth-order valence-corrected chi connectivity index (χ4v) is 2.86. The molecule has 0 radical (unpaired) electrons. The van der Waals surface area contributed by atoms with Crippen molar-refractivity contribution < 1.29 is 0 Å². The molecule has 1 heterocycles. The lowest BCUT2D eigenvalue weighted by Crippen LogP contribution is -1.93. The van der Waals surface area contributed by atoms with Gasteiger partial charge in [0.25, 0.3) is 0 Å². The summed E-state index contributed by atoms with van der Waals surface area (Å²) in [7, 11) is 0. The Morgan fingerprint density at radius 1 is 1.11 bits per heavy atom. The van der Waals surface area contributed by atoms with E-state index in [-0.39, 0.29) is 0 Å². The number of halogens is 3. The van der Waals surface area contributed by atoms with E-state index in [0.29, 0.717) is 14.8 Å². The average Bonchev–Trinajstić information content (AvgIpc) is 2.68. The third-order valence-corrected chi connectivity index (χ3v) is 4.56. The maximum absolute atomic E-state index is 6.14. The standard InChI is InChI=1S/C13H7BrCl2N2S/c14-9-3-2-8(6-10(9)16)18-12-5-7(15)1-4-11(12)17-13(18)19/h1-6H,(H,17,19). The number of nitrogens with zero attached hydrogens (tertiary/aromatic N) is 1. The van der Waals surface area contributed by atoms with Gasteiger partial charge >= 0.3 is 0 Å². The molecular formula is C13H7BrCl2N2S. The molecular weight excluding hydrogens is 367 g/mol. The molecule has 19 heavy (non-hydrogen) atoms. The largest absolute Gasteiger partial charge is 0.330 e. The third-order valence-electron chi connectivity index (χ3n) is 2.81. The van der Waals surface area contributed by atoms with Crippen molar-refractivity contribution in [1.29, 1.82) is 0 Å². The molecule has 0 spiro atoms. The highest BCUT2D eigenvalue weighted by atomic mass is 79.9. The summed E-state index contributed by atoms with van der Waals surface area (Å²) in [4.78, 5) is 3.15. The van der Waals surface area contributed by atoms with Crippen LogP contribution in [0.25, 0.3) is 16.7 Å². The van der Waals surface area contributed by atoms with E-state index >= 15 is 0 Å². The molecule has 3 rings (SSSR count). The van der Waals surface area contributed by atoms with Gasteiger partial charge < -0.3 is 4.98 Å². The number of aromatic nitrogens is 2. The molecule has 2 nitrogen and oxygen atoms in total. The lowest BCUT2D eigenvalue weighted by Gasteiger charge is -2.06. The number of nitrogens with one attached hydrogen (secondary N) is 1. The number of benzene rings is 2. The SMILES string of the molecule is S=c1[nH]c2ccc(Cl)cc2n1-c1ccc(Br)c(Cl)c1. The molecule has 0 aliphatic heterocycles. The minimum atomic E-state index is 0.607. The minimum absolute atomic E-state index is 0.607. The number of aromatic amines is 1. The molecule has 3 aromatic rings. The summed E-state index contributed by atoms with van der Waals surface area (Å²) < 4.78 is 3.37. The highest BCUT2D eigenvalue weighted by Crippen LogP contribution is 2.28. The predicted octanol–water partition coefficient (Wildman–Crippen LogP) is 5.76. The van der Waals surface area contributed by atoms with Crippen molar-refractivity contribution in [1.82, 2.24) is 9.55 Å². The summed E-state index contributed by atoms with van der Waals surface area (Å²) in [5, 5.41) is 1.30. The van der Waals surface area contributed by atoms with Crippen molar-refractivity contribution in [2.24, 2.45) is 0 Å². The number of hydrogen-bond donors (Lipinski definition) is 1. The van der Waals surface area contributed by atoms with Crippen LogP contribution < -0.4 is 0 Å². The maximum Gasteiger partial charge on any atom is 0.182 e. The smallest absolute Gasteiger partial charge is 0.182 e. The Kier molecular flexibility index (Phi) is 3.43. The molecule has 1 aromatic heterocycles. The number of fused-ring (bicyclic) bond motifs is 1. The Balaban J connectivity index is 2.35. The number of imidazole rings is 1. The van der Waals surface area contributed by atoms with E-state index in [1.807, 2.05) is 41.0 Å². The van der Waals surface area contributed by atoms with Crippen LogP contribution >= 0.6 is 51.3 Å². The molecule has 0 fully saturated rings. The van der Waals surface area contributed by atoms with Crippen molar-refractivity contribution in [3.8, 4) is 5.69 Å². The first-order valence-electron chi connectivity index (χ1n) is 5.42. The Morgan fingerprint density at radius 2 is 1.89 bits per heavy atom. The lowest BCUT2D eigenvalue weighted by atomic mass is 10.3. The quantitative estimate of drug-likeness (QED) is 0.538. The van der Waals surface area contributed by atoms with E-state index in [2.05, 4.69) is 20.9 Å². The van der Waals surface area contributed by atoms with E-state index in [1.54, 1.807) is 0 Å². The highest BCUT2D eigenvalue weighted by molar-refractivity contribution is 9.10. The van der Waals surface area contributed by atoms with Gasteiger partial charge in [-0.25, -0.2) is 0 Å². The molecule has 0 aliphatic carbocycles. The zero-order chi connectivity index (χ0) is 13.6. The third kappa shape index (κ3) is 2.34. The first-order chi connectivity index (χ1) is 9.06. The molecule has 1 N–H and O–H groups in total. The monoisotopic (exact) mass is 372 g/mol. The Labute approximate surface area is 133 Å². The summed E-state index contributed by atoms with van der Waals surface area (Å²) in [6.45, 7) is 0. The average molecular weight is 374 g/mol. The molecule has 6 heteroatoms. The van der Waals surface area contributed by atoms with Crippen LogP contribution in [0.4, 0.5) is 0 Å². The molecule has 0 saturated carbocycles. The van der Waals surface area contributed by atoms with Gasteiger partial charge in [0.05, 0.1) is 16.1 Å². The van der Waals surface area contributed by atoms with Gasteiger partial charge in [0.1, 0.15) is 0 Å². The van der Waals surface area contributed by atoms with Crippen LogP contribution in [0.3, 0.4) is 0 Å². The molecule has 0 aliphatic rings. The fourth-order valence-electron chi connectivity index (χ4n) is 1.96. The van der Waals surface area contributed by atoms with E-state index in [1.165, 1.54) is 0 Å². The zero-order valence-electron chi connectivity index (χ0n) is 9.45. The van der Waals surface area contributed by atoms with Gasteiger partial charge in [-0.2, -0.15) is 0 Å². The Hall–Kier alpha value is -0.810. The van der Waals surface area contributed by atoms with Crippen LogP contribution in [0.2, 0.25) is 10.0 Å². The van der Waals surface area contributed by atoms with Gasteiger partial charge in [0, 0.05) is 15.2 Å². The van der Waals surface area contributed by atoms with Crippen LogP contribution in [0.1, 0.15) is 0 Å². The molecule has 0 unspecified atom stereocenters. The number of hydrogen-bond acceptors (Lipinski definition) is 1. The highest BCUT2D eigenvalue weighted by Gasteiger charge is 2.08. The zero-order valence-corrected chi connectivity index (χ0v) is 13.4. The number of rotatable bonds is 1. The second kappa shape index (κ2) is 4.94. The fraction of sp³-hybridized carbons (Fsp3) is 0. The topological polar surface area (TPSA) is 20.7 Å². The molecule has 2 aromatic carbocycles. The molecule has 0 amide bonds. The summed E-state index contributed by atoms with van der Waals surface area (Å²) in [5.41, 5.74) is 2.76. The van der Waals surface area contributed by atoms with Gasteiger partial charge in [-0.05, 0) is 64.5 Å². The van der Waals surface area contributed by atoms with Gasteiger partial charge in [0.15, 0.2) is 4.77 Å². The van der Waals surface area contributed by atoms with E-state index < -0.39 is 0 Å². The maximum atomic E-state index is 6.14. The summed E-state index contributed by atoms with van der Waals surface area (Å²) in [6, 6.07) is 11.3. The van der Waals surface area contributed by atoms with Gasteiger partial charge in [-0.3, -0.25) is 4.57 Å². The molecule has 0 bridgehead atoms. The lowest BCUT2D eigenvalue weighted by molar-refractivity contribution is 1.06. The molecule has 0 atom stereocenters. The van der Waals surface area contributed by atoms with Crippen LogP contribution in [0.5, 0.6) is 0 Å². The summed E-state index contributed by atoms with van der Waals surface area (Å²) in [6.07, 6.45) is 0. The second-order valence-corrected chi connectivity index (χ2v) is 6.11. The summed E-state index contributed by atoms with van der Waals surface area (Å²) >= 11 is 20.9. The number of H-pyrrole nitrogens is 1. The Morgan fingerprint density at radius 3 is 2.63 bits per heavy atom. The van der Waals surface area contributed by atoms with Gasteiger partial charge in [0.2, 0.25) is 0 Å². The van der Waals surface area contributed by atoms with Gasteiger partial charge in [-0.1, -0.05) is 23.2 Å². The van der Waals surface area contributed by atoms with Crippen LogP contribution in [0, 0.1) is 4.77 Å². The van der Waals surface area contributed by atoms with E-state index in [0.717, 1.165) is 21.2 Å². The molecule has 96 valence electrons. The van der Waals surface area contributed by atoms with Crippen molar-refractivity contribution in [3.05, 3.63) is 55.7 Å². The Bertz CT molecular complexity index is 838. The first-order valence-corrected chi connectivity index (χ1v) is 7.38.